The number of hydrogen-bond donors (Lipinski definition) is 2. The van der Waals surface area contributed by atoms with Crippen molar-refractivity contribution in [3.05, 3.63) is 46.4 Å². The van der Waals surface area contributed by atoms with Gasteiger partial charge in [-0.15, -0.1) is 11.3 Å². The Morgan fingerprint density at radius 3 is 2.76 bits per heavy atom. The smallest absolute Gasteiger partial charge is 0.170 e. The number of nitrogens with zero attached hydrogens (tertiary/aromatic N) is 2. The molecule has 5 nitrogen and oxygen atoms in total. The Hall–Kier alpha value is -2.08. The second-order valence-corrected chi connectivity index (χ2v) is 4.24. The normalized spacial score (nSPS) is 11.4. The molecule has 0 radical (unpaired) electrons. The maximum absolute atomic E-state index is 8.51. The number of aromatic nitrogens is 1. The van der Waals surface area contributed by atoms with Crippen LogP contribution in [0.15, 0.2) is 41.1 Å². The molecule has 0 spiro atoms. The second-order valence-electron chi connectivity index (χ2n) is 3.27. The Kier molecular flexibility index (Phi) is 3.56. The molecule has 0 saturated heterocycles. The van der Waals surface area contributed by atoms with Crippen molar-refractivity contribution in [2.45, 2.75) is 6.61 Å². The molecule has 0 aliphatic rings. The van der Waals surface area contributed by atoms with E-state index in [1.165, 1.54) is 0 Å². The number of thiazole rings is 1. The number of ether oxygens (including phenoxy) is 1. The lowest BCUT2D eigenvalue weighted by Gasteiger charge is -2.05. The Bertz CT molecular complexity index is 494. The maximum atomic E-state index is 8.51. The molecule has 0 atom stereocenters. The average molecular weight is 249 g/mol. The van der Waals surface area contributed by atoms with E-state index in [0.29, 0.717) is 12.2 Å². The minimum Gasteiger partial charge on any atom is -0.488 e. The van der Waals surface area contributed by atoms with E-state index >= 15 is 0 Å². The van der Waals surface area contributed by atoms with Crippen LogP contribution >= 0.6 is 11.3 Å². The number of amidine groups is 1. The summed E-state index contributed by atoms with van der Waals surface area (Å²) in [5, 5.41) is 11.4. The van der Waals surface area contributed by atoms with Crippen LogP contribution in [-0.4, -0.2) is 16.0 Å². The molecule has 17 heavy (non-hydrogen) atoms. The molecule has 2 rings (SSSR count). The molecule has 1 aromatic carbocycles. The van der Waals surface area contributed by atoms with Gasteiger partial charge in [-0.1, -0.05) is 5.16 Å². The molecular formula is C11H11N3O2S. The zero-order valence-electron chi connectivity index (χ0n) is 8.91. The summed E-state index contributed by atoms with van der Waals surface area (Å²) >= 11 is 1.55. The van der Waals surface area contributed by atoms with Crippen molar-refractivity contribution in [1.29, 1.82) is 0 Å². The third kappa shape index (κ3) is 2.94. The fraction of sp³-hybridized carbons (Fsp3) is 0.0909. The quantitative estimate of drug-likeness (QED) is 0.375. The first kappa shape index (κ1) is 11.4. The van der Waals surface area contributed by atoms with Gasteiger partial charge < -0.3 is 15.7 Å². The molecule has 6 heteroatoms. The van der Waals surface area contributed by atoms with E-state index < -0.39 is 0 Å². The van der Waals surface area contributed by atoms with Gasteiger partial charge in [-0.05, 0) is 24.3 Å². The zero-order chi connectivity index (χ0) is 12.1. The lowest BCUT2D eigenvalue weighted by atomic mass is 10.2. The molecule has 0 fully saturated rings. The van der Waals surface area contributed by atoms with Crippen molar-refractivity contribution in [3.8, 4) is 5.75 Å². The van der Waals surface area contributed by atoms with Crippen LogP contribution in [0.4, 0.5) is 0 Å². The number of nitrogens with two attached hydrogens (primary N) is 1. The highest BCUT2D eigenvalue weighted by Gasteiger charge is 2.00. The molecule has 0 unspecified atom stereocenters. The molecule has 0 amide bonds. The van der Waals surface area contributed by atoms with Gasteiger partial charge in [0.15, 0.2) is 5.84 Å². The summed E-state index contributed by atoms with van der Waals surface area (Å²) in [6.07, 6.45) is 1.77. The summed E-state index contributed by atoms with van der Waals surface area (Å²) in [5.74, 6) is 0.812. The van der Waals surface area contributed by atoms with Crippen LogP contribution in [0.25, 0.3) is 0 Å². The predicted molar refractivity (Wildman–Crippen MR) is 65.4 cm³/mol. The number of rotatable bonds is 4. The van der Waals surface area contributed by atoms with Gasteiger partial charge in [-0.3, -0.25) is 4.98 Å². The van der Waals surface area contributed by atoms with Crippen molar-refractivity contribution in [2.75, 3.05) is 0 Å². The monoisotopic (exact) mass is 249 g/mol. The van der Waals surface area contributed by atoms with Gasteiger partial charge >= 0.3 is 0 Å². The van der Waals surface area contributed by atoms with Crippen LogP contribution in [0, 0.1) is 0 Å². The minimum absolute atomic E-state index is 0.0824. The van der Waals surface area contributed by atoms with Crippen LogP contribution < -0.4 is 10.5 Å². The summed E-state index contributed by atoms with van der Waals surface area (Å²) in [4.78, 5) is 5.02. The Labute approximate surface area is 102 Å². The van der Waals surface area contributed by atoms with Crippen LogP contribution in [-0.2, 0) is 6.61 Å². The van der Waals surface area contributed by atoms with E-state index in [9.17, 15) is 0 Å². The van der Waals surface area contributed by atoms with E-state index in [1.54, 1.807) is 47.3 Å². The molecule has 1 aromatic heterocycles. The fourth-order valence-electron chi connectivity index (χ4n) is 1.25. The number of benzene rings is 1. The fourth-order valence-corrected chi connectivity index (χ4v) is 1.75. The Morgan fingerprint density at radius 2 is 2.18 bits per heavy atom. The molecule has 0 saturated carbocycles. The van der Waals surface area contributed by atoms with Crippen LogP contribution in [0.2, 0.25) is 0 Å². The van der Waals surface area contributed by atoms with Crippen LogP contribution in [0.1, 0.15) is 10.4 Å². The third-order valence-electron chi connectivity index (χ3n) is 2.12. The van der Waals surface area contributed by atoms with Crippen molar-refractivity contribution in [2.24, 2.45) is 10.9 Å². The van der Waals surface area contributed by atoms with Gasteiger partial charge in [-0.2, -0.15) is 0 Å². The first-order valence-electron chi connectivity index (χ1n) is 4.87. The van der Waals surface area contributed by atoms with Gasteiger partial charge in [0.2, 0.25) is 0 Å². The first-order valence-corrected chi connectivity index (χ1v) is 5.75. The summed E-state index contributed by atoms with van der Waals surface area (Å²) in [6, 6.07) is 7.01. The van der Waals surface area contributed by atoms with Crippen molar-refractivity contribution in [3.63, 3.8) is 0 Å². The molecule has 0 aliphatic heterocycles. The molecular weight excluding hydrogens is 238 g/mol. The third-order valence-corrected chi connectivity index (χ3v) is 2.88. The zero-order valence-corrected chi connectivity index (χ0v) is 9.72. The van der Waals surface area contributed by atoms with E-state index in [2.05, 4.69) is 10.1 Å². The minimum atomic E-state index is 0.0824. The van der Waals surface area contributed by atoms with E-state index in [4.69, 9.17) is 15.7 Å². The van der Waals surface area contributed by atoms with E-state index in [-0.39, 0.29) is 5.84 Å². The first-order chi connectivity index (χ1) is 8.29. The second kappa shape index (κ2) is 5.31. The average Bonchev–Trinajstić information content (AvgIpc) is 2.89. The highest BCUT2D eigenvalue weighted by atomic mass is 32.1. The molecule has 88 valence electrons. The summed E-state index contributed by atoms with van der Waals surface area (Å²) in [6.45, 7) is 0.494. The van der Waals surface area contributed by atoms with Crippen molar-refractivity contribution >= 4 is 17.2 Å². The highest BCUT2D eigenvalue weighted by Crippen LogP contribution is 2.15. The summed E-state index contributed by atoms with van der Waals surface area (Å²) in [5.41, 5.74) is 7.86. The molecule has 2 aromatic rings. The van der Waals surface area contributed by atoms with Crippen LogP contribution in [0.5, 0.6) is 5.75 Å². The molecule has 0 bridgehead atoms. The Balaban J connectivity index is 1.99. The largest absolute Gasteiger partial charge is 0.488 e. The van der Waals surface area contributed by atoms with Gasteiger partial charge in [-0.25, -0.2) is 0 Å². The van der Waals surface area contributed by atoms with Crippen LogP contribution in [0.3, 0.4) is 0 Å². The van der Waals surface area contributed by atoms with E-state index in [0.717, 1.165) is 10.6 Å². The summed E-state index contributed by atoms with van der Waals surface area (Å²) in [7, 11) is 0. The Morgan fingerprint density at radius 1 is 1.41 bits per heavy atom. The topological polar surface area (TPSA) is 80.7 Å². The van der Waals surface area contributed by atoms with Crippen molar-refractivity contribution in [1.82, 2.24) is 4.98 Å². The lowest BCUT2D eigenvalue weighted by molar-refractivity contribution is 0.309. The van der Waals surface area contributed by atoms with Gasteiger partial charge in [0.1, 0.15) is 12.4 Å². The summed E-state index contributed by atoms with van der Waals surface area (Å²) < 4.78 is 5.55. The van der Waals surface area contributed by atoms with Gasteiger partial charge in [0.05, 0.1) is 10.4 Å². The van der Waals surface area contributed by atoms with Gasteiger partial charge in [0.25, 0.3) is 0 Å². The number of oxime groups is 1. The molecule has 1 heterocycles. The SMILES string of the molecule is N/C(=N/O)c1ccc(OCc2cncs2)cc1. The van der Waals surface area contributed by atoms with Crippen molar-refractivity contribution < 1.29 is 9.94 Å². The van der Waals surface area contributed by atoms with Gasteiger partial charge in [0, 0.05) is 11.8 Å². The predicted octanol–water partition coefficient (Wildman–Crippen LogP) is 1.82. The standard InChI is InChI=1S/C11H11N3O2S/c12-11(14-15)8-1-3-9(4-2-8)16-6-10-5-13-7-17-10/h1-5,7,15H,6H2,(H2,12,14). The van der Waals surface area contributed by atoms with E-state index in [1.807, 2.05) is 0 Å². The maximum Gasteiger partial charge on any atom is 0.170 e. The lowest BCUT2D eigenvalue weighted by Crippen LogP contribution is -2.12. The molecule has 0 aliphatic carbocycles. The highest BCUT2D eigenvalue weighted by molar-refractivity contribution is 7.09. The molecule has 3 N–H and O–H groups in total. The number of hydrogen-bond acceptors (Lipinski definition) is 5.